The fourth-order valence-electron chi connectivity index (χ4n) is 1.75. The number of rotatable bonds is 3. The van der Waals surface area contributed by atoms with Crippen molar-refractivity contribution in [3.8, 4) is 0 Å². The van der Waals surface area contributed by atoms with Crippen molar-refractivity contribution in [3.63, 3.8) is 0 Å². The molecule has 0 aliphatic carbocycles. The standard InChI is InChI=1S/C13H20/c1-5-6-7-13-9-10(2)8-11(3)12(13)4/h8-9H,5-7H2,1-4H3. The summed E-state index contributed by atoms with van der Waals surface area (Å²) in [4.78, 5) is 0. The number of aryl methyl sites for hydroxylation is 3. The zero-order valence-electron chi connectivity index (χ0n) is 9.28. The molecule has 0 radical (unpaired) electrons. The number of benzene rings is 1. The van der Waals surface area contributed by atoms with Gasteiger partial charge in [0, 0.05) is 0 Å². The van der Waals surface area contributed by atoms with Crippen molar-refractivity contribution < 1.29 is 0 Å². The van der Waals surface area contributed by atoms with Crippen LogP contribution in [-0.4, -0.2) is 0 Å². The molecular formula is C13H20. The SMILES string of the molecule is CCCCc1cc(C)cc(C)c1C. The smallest absolute Gasteiger partial charge is 0.0276 e. The van der Waals surface area contributed by atoms with Crippen LogP contribution in [0.25, 0.3) is 0 Å². The largest absolute Gasteiger partial charge is 0.0654 e. The van der Waals surface area contributed by atoms with Gasteiger partial charge in [0.15, 0.2) is 0 Å². The highest BCUT2D eigenvalue weighted by atomic mass is 14.1. The summed E-state index contributed by atoms with van der Waals surface area (Å²) < 4.78 is 0. The fraction of sp³-hybridized carbons (Fsp3) is 0.538. The maximum Gasteiger partial charge on any atom is -0.0276 e. The Balaban J connectivity index is 2.92. The average Bonchev–Trinajstić information content (AvgIpc) is 2.09. The first-order valence-corrected chi connectivity index (χ1v) is 5.22. The van der Waals surface area contributed by atoms with E-state index in [-0.39, 0.29) is 0 Å². The Hall–Kier alpha value is -0.780. The van der Waals surface area contributed by atoms with Crippen molar-refractivity contribution in [1.29, 1.82) is 0 Å². The van der Waals surface area contributed by atoms with E-state index >= 15 is 0 Å². The zero-order valence-corrected chi connectivity index (χ0v) is 9.28. The van der Waals surface area contributed by atoms with Crippen molar-refractivity contribution in [3.05, 3.63) is 34.4 Å². The van der Waals surface area contributed by atoms with Gasteiger partial charge in [-0.3, -0.25) is 0 Å². The first-order chi connectivity index (χ1) is 6.15. The predicted octanol–water partition coefficient (Wildman–Crippen LogP) is 3.95. The molecule has 0 heterocycles. The minimum atomic E-state index is 1.24. The predicted molar refractivity (Wildman–Crippen MR) is 59.3 cm³/mol. The van der Waals surface area contributed by atoms with Gasteiger partial charge in [-0.15, -0.1) is 0 Å². The quantitative estimate of drug-likeness (QED) is 0.654. The first kappa shape index (κ1) is 10.3. The molecule has 0 nitrogen and oxygen atoms in total. The van der Waals surface area contributed by atoms with Crippen LogP contribution in [0.5, 0.6) is 0 Å². The van der Waals surface area contributed by atoms with Crippen LogP contribution in [0.1, 0.15) is 42.0 Å². The normalized spacial score (nSPS) is 10.5. The summed E-state index contributed by atoms with van der Waals surface area (Å²) in [6.45, 7) is 8.87. The molecular weight excluding hydrogens is 156 g/mol. The highest BCUT2D eigenvalue weighted by Crippen LogP contribution is 2.17. The maximum atomic E-state index is 2.33. The second kappa shape index (κ2) is 4.45. The lowest BCUT2D eigenvalue weighted by atomic mass is 9.96. The highest BCUT2D eigenvalue weighted by Gasteiger charge is 2.01. The van der Waals surface area contributed by atoms with Crippen LogP contribution in [0.15, 0.2) is 12.1 Å². The maximum absolute atomic E-state index is 2.33. The van der Waals surface area contributed by atoms with Gasteiger partial charge in [0.1, 0.15) is 0 Å². The van der Waals surface area contributed by atoms with Crippen LogP contribution in [0.2, 0.25) is 0 Å². The molecule has 0 heteroatoms. The highest BCUT2D eigenvalue weighted by molar-refractivity contribution is 5.37. The summed E-state index contributed by atoms with van der Waals surface area (Å²) >= 11 is 0. The molecule has 0 aromatic heterocycles. The van der Waals surface area contributed by atoms with Crippen molar-refractivity contribution in [2.24, 2.45) is 0 Å². The minimum absolute atomic E-state index is 1.24. The van der Waals surface area contributed by atoms with Crippen LogP contribution in [-0.2, 0) is 6.42 Å². The molecule has 0 saturated heterocycles. The van der Waals surface area contributed by atoms with E-state index in [1.165, 1.54) is 36.0 Å². The number of unbranched alkanes of at least 4 members (excludes halogenated alkanes) is 1. The molecule has 0 aliphatic rings. The molecule has 0 bridgehead atoms. The molecule has 1 rings (SSSR count). The molecule has 1 aromatic rings. The van der Waals surface area contributed by atoms with E-state index in [4.69, 9.17) is 0 Å². The van der Waals surface area contributed by atoms with Gasteiger partial charge in [0.2, 0.25) is 0 Å². The molecule has 72 valence electrons. The van der Waals surface area contributed by atoms with E-state index in [2.05, 4.69) is 39.8 Å². The van der Waals surface area contributed by atoms with Crippen LogP contribution in [0.4, 0.5) is 0 Å². The zero-order chi connectivity index (χ0) is 9.84. The van der Waals surface area contributed by atoms with E-state index in [1.807, 2.05) is 0 Å². The van der Waals surface area contributed by atoms with Crippen molar-refractivity contribution >= 4 is 0 Å². The summed E-state index contributed by atoms with van der Waals surface area (Å²) in [6, 6.07) is 4.60. The third-order valence-electron chi connectivity index (χ3n) is 2.72. The van der Waals surface area contributed by atoms with Gasteiger partial charge in [0.25, 0.3) is 0 Å². The Kier molecular flexibility index (Phi) is 3.53. The van der Waals surface area contributed by atoms with Crippen LogP contribution < -0.4 is 0 Å². The van der Waals surface area contributed by atoms with Gasteiger partial charge in [-0.1, -0.05) is 31.0 Å². The molecule has 0 N–H and O–H groups in total. The number of hydrogen-bond acceptors (Lipinski definition) is 0. The van der Waals surface area contributed by atoms with E-state index in [0.717, 1.165) is 0 Å². The first-order valence-electron chi connectivity index (χ1n) is 5.22. The summed E-state index contributed by atoms with van der Waals surface area (Å²) in [5.74, 6) is 0. The van der Waals surface area contributed by atoms with Crippen molar-refractivity contribution in [2.45, 2.75) is 47.0 Å². The Bertz CT molecular complexity index is 284. The van der Waals surface area contributed by atoms with E-state index in [1.54, 1.807) is 5.56 Å². The molecule has 0 amide bonds. The minimum Gasteiger partial charge on any atom is -0.0654 e. The molecule has 0 spiro atoms. The summed E-state index contributed by atoms with van der Waals surface area (Å²) in [7, 11) is 0. The van der Waals surface area contributed by atoms with Crippen LogP contribution in [0.3, 0.4) is 0 Å². The molecule has 0 fully saturated rings. The topological polar surface area (TPSA) is 0 Å². The lowest BCUT2D eigenvalue weighted by Crippen LogP contribution is -1.93. The molecule has 13 heavy (non-hydrogen) atoms. The lowest BCUT2D eigenvalue weighted by molar-refractivity contribution is 0.789. The average molecular weight is 176 g/mol. The van der Waals surface area contributed by atoms with E-state index < -0.39 is 0 Å². The monoisotopic (exact) mass is 176 g/mol. The fourth-order valence-corrected chi connectivity index (χ4v) is 1.75. The van der Waals surface area contributed by atoms with Crippen molar-refractivity contribution in [2.75, 3.05) is 0 Å². The Morgan fingerprint density at radius 2 is 1.77 bits per heavy atom. The van der Waals surface area contributed by atoms with Gasteiger partial charge in [0.05, 0.1) is 0 Å². The molecule has 0 unspecified atom stereocenters. The molecule has 0 aliphatic heterocycles. The Morgan fingerprint density at radius 3 is 2.38 bits per heavy atom. The van der Waals surface area contributed by atoms with E-state index in [0.29, 0.717) is 0 Å². The van der Waals surface area contributed by atoms with Crippen LogP contribution in [0, 0.1) is 20.8 Å². The third kappa shape index (κ3) is 2.58. The van der Waals surface area contributed by atoms with Gasteiger partial charge in [-0.25, -0.2) is 0 Å². The second-order valence-electron chi connectivity index (χ2n) is 3.97. The molecule has 0 saturated carbocycles. The lowest BCUT2D eigenvalue weighted by Gasteiger charge is -2.09. The van der Waals surface area contributed by atoms with Gasteiger partial charge >= 0.3 is 0 Å². The van der Waals surface area contributed by atoms with Gasteiger partial charge in [-0.2, -0.15) is 0 Å². The summed E-state index contributed by atoms with van der Waals surface area (Å²) in [5, 5.41) is 0. The molecule has 0 atom stereocenters. The van der Waals surface area contributed by atoms with E-state index in [9.17, 15) is 0 Å². The second-order valence-corrected chi connectivity index (χ2v) is 3.97. The molecule has 1 aromatic carbocycles. The third-order valence-corrected chi connectivity index (χ3v) is 2.72. The Labute approximate surface area is 82.0 Å². The van der Waals surface area contributed by atoms with Crippen LogP contribution >= 0.6 is 0 Å². The number of hydrogen-bond donors (Lipinski definition) is 0. The Morgan fingerprint density at radius 1 is 1.08 bits per heavy atom. The summed E-state index contributed by atoms with van der Waals surface area (Å²) in [6.07, 6.45) is 3.83. The van der Waals surface area contributed by atoms with Gasteiger partial charge < -0.3 is 0 Å². The van der Waals surface area contributed by atoms with Gasteiger partial charge in [-0.05, 0) is 50.3 Å². The van der Waals surface area contributed by atoms with Crippen molar-refractivity contribution in [1.82, 2.24) is 0 Å². The summed E-state index contributed by atoms with van der Waals surface area (Å²) in [5.41, 5.74) is 5.86.